The van der Waals surface area contributed by atoms with Crippen LogP contribution in [0, 0.1) is 0 Å². The third kappa shape index (κ3) is 3.49. The van der Waals surface area contributed by atoms with Crippen LogP contribution in [-0.4, -0.2) is 29.9 Å². The number of hydrogen-bond acceptors (Lipinski definition) is 5. The Balaban J connectivity index is 1.70. The van der Waals surface area contributed by atoms with E-state index in [0.717, 1.165) is 28.8 Å². The topological polar surface area (TPSA) is 66.8 Å². The van der Waals surface area contributed by atoms with E-state index in [1.165, 1.54) is 6.92 Å². The lowest BCUT2D eigenvalue weighted by molar-refractivity contribution is -0.118. The molecule has 29 heavy (non-hydrogen) atoms. The van der Waals surface area contributed by atoms with E-state index in [4.69, 9.17) is 14.2 Å². The molecule has 0 spiro atoms. The van der Waals surface area contributed by atoms with Crippen molar-refractivity contribution in [3.05, 3.63) is 59.5 Å². The minimum absolute atomic E-state index is 0.0201. The maximum Gasteiger partial charge on any atom is 0.231 e. The molecule has 0 radical (unpaired) electrons. The van der Waals surface area contributed by atoms with Crippen LogP contribution in [0.5, 0.6) is 17.2 Å². The van der Waals surface area contributed by atoms with Crippen LogP contribution in [0.4, 0.5) is 0 Å². The molecule has 0 saturated heterocycles. The maximum absolute atomic E-state index is 12.8. The van der Waals surface area contributed by atoms with Gasteiger partial charge in [0.05, 0.1) is 12.7 Å². The average Bonchev–Trinajstić information content (AvgIpc) is 3.23. The minimum Gasteiger partial charge on any atom is -0.497 e. The fraction of sp³-hybridized carbons (Fsp3) is 0.217. The molecule has 0 amide bonds. The molecule has 1 aliphatic rings. The number of benzene rings is 2. The highest BCUT2D eigenvalue weighted by Gasteiger charge is 2.28. The monoisotopic (exact) mass is 391 g/mol. The predicted octanol–water partition coefficient (Wildman–Crippen LogP) is 4.25. The van der Waals surface area contributed by atoms with E-state index in [0.29, 0.717) is 17.1 Å². The summed E-state index contributed by atoms with van der Waals surface area (Å²) in [6, 6.07) is 10.8. The summed E-state index contributed by atoms with van der Waals surface area (Å²) in [6.45, 7) is 4.30. The first-order valence-electron chi connectivity index (χ1n) is 9.37. The standard InChI is InChI=1S/C23H21NO5/c1-4-24-12-15(19-10-16(27-3)6-8-20(19)24)9-22-23(26)18-7-5-17(11-21(18)29-22)28-13-14(2)25/h5-12H,4,13H2,1-3H3/b22-9-. The highest BCUT2D eigenvalue weighted by Crippen LogP contribution is 2.36. The lowest BCUT2D eigenvalue weighted by atomic mass is 10.1. The highest BCUT2D eigenvalue weighted by atomic mass is 16.5. The second-order valence-electron chi connectivity index (χ2n) is 6.84. The number of fused-ring (bicyclic) bond motifs is 2. The van der Waals surface area contributed by atoms with Crippen molar-refractivity contribution in [2.75, 3.05) is 13.7 Å². The van der Waals surface area contributed by atoms with Crippen LogP contribution in [0.2, 0.25) is 0 Å². The first-order chi connectivity index (χ1) is 14.0. The van der Waals surface area contributed by atoms with Gasteiger partial charge >= 0.3 is 0 Å². The fourth-order valence-corrected chi connectivity index (χ4v) is 3.39. The summed E-state index contributed by atoms with van der Waals surface area (Å²) in [6.07, 6.45) is 3.75. The van der Waals surface area contributed by atoms with Gasteiger partial charge in [0.25, 0.3) is 0 Å². The normalized spacial score (nSPS) is 14.2. The van der Waals surface area contributed by atoms with Crippen molar-refractivity contribution < 1.29 is 23.8 Å². The number of nitrogens with zero attached hydrogens (tertiary/aromatic N) is 1. The number of ether oxygens (including phenoxy) is 3. The van der Waals surface area contributed by atoms with Crippen LogP contribution >= 0.6 is 0 Å². The van der Waals surface area contributed by atoms with Gasteiger partial charge in [-0.05, 0) is 50.3 Å². The lowest BCUT2D eigenvalue weighted by Crippen LogP contribution is -2.06. The first kappa shape index (κ1) is 18.8. The number of Topliss-reactive ketones (excluding diaryl/α,β-unsaturated/α-hetero) is 2. The Bertz CT molecular complexity index is 1160. The highest BCUT2D eigenvalue weighted by molar-refractivity contribution is 6.15. The van der Waals surface area contributed by atoms with Crippen LogP contribution in [0.1, 0.15) is 29.8 Å². The van der Waals surface area contributed by atoms with Crippen molar-refractivity contribution in [3.8, 4) is 17.2 Å². The van der Waals surface area contributed by atoms with Crippen molar-refractivity contribution in [2.24, 2.45) is 0 Å². The number of methoxy groups -OCH3 is 1. The molecule has 2 heterocycles. The van der Waals surface area contributed by atoms with Crippen molar-refractivity contribution in [1.82, 2.24) is 4.57 Å². The molecule has 148 valence electrons. The molecule has 6 nitrogen and oxygen atoms in total. The molecule has 3 aromatic rings. The Labute approximate surface area is 168 Å². The molecular weight excluding hydrogens is 370 g/mol. The molecule has 2 aromatic carbocycles. The Morgan fingerprint density at radius 1 is 1.17 bits per heavy atom. The summed E-state index contributed by atoms with van der Waals surface area (Å²) in [7, 11) is 1.63. The SMILES string of the molecule is CCn1cc(/C=C2\Oc3cc(OCC(C)=O)ccc3C2=O)c2cc(OC)ccc21. The number of aryl methyl sites for hydroxylation is 1. The first-order valence-corrected chi connectivity index (χ1v) is 9.37. The lowest BCUT2D eigenvalue weighted by Gasteiger charge is -2.04. The van der Waals surface area contributed by atoms with Crippen LogP contribution in [0.25, 0.3) is 17.0 Å². The molecule has 0 bridgehead atoms. The Morgan fingerprint density at radius 2 is 1.97 bits per heavy atom. The largest absolute Gasteiger partial charge is 0.497 e. The number of ketones is 2. The zero-order valence-corrected chi connectivity index (χ0v) is 16.5. The summed E-state index contributed by atoms with van der Waals surface area (Å²) in [5.41, 5.74) is 2.41. The van der Waals surface area contributed by atoms with Gasteiger partial charge in [-0.15, -0.1) is 0 Å². The number of hydrogen-bond donors (Lipinski definition) is 0. The van der Waals surface area contributed by atoms with E-state index in [2.05, 4.69) is 11.5 Å². The van der Waals surface area contributed by atoms with Gasteiger partial charge in [0.2, 0.25) is 5.78 Å². The van der Waals surface area contributed by atoms with Crippen molar-refractivity contribution in [1.29, 1.82) is 0 Å². The van der Waals surface area contributed by atoms with Gasteiger partial charge in [-0.1, -0.05) is 0 Å². The van der Waals surface area contributed by atoms with Gasteiger partial charge < -0.3 is 18.8 Å². The average molecular weight is 391 g/mol. The summed E-state index contributed by atoms with van der Waals surface area (Å²) in [5.74, 6) is 1.66. The van der Waals surface area contributed by atoms with Crippen LogP contribution in [-0.2, 0) is 11.3 Å². The molecule has 0 aliphatic carbocycles. The number of aromatic nitrogens is 1. The molecular formula is C23H21NO5. The van der Waals surface area contributed by atoms with Crippen LogP contribution < -0.4 is 14.2 Å². The van der Waals surface area contributed by atoms with E-state index in [1.807, 2.05) is 24.4 Å². The summed E-state index contributed by atoms with van der Waals surface area (Å²) in [4.78, 5) is 23.9. The Hall–Kier alpha value is -3.54. The van der Waals surface area contributed by atoms with Gasteiger partial charge in [0, 0.05) is 35.3 Å². The molecule has 0 fully saturated rings. The number of carbonyl (C=O) groups excluding carboxylic acids is 2. The number of allylic oxidation sites excluding steroid dienone is 1. The predicted molar refractivity (Wildman–Crippen MR) is 110 cm³/mol. The zero-order chi connectivity index (χ0) is 20.5. The molecule has 0 N–H and O–H groups in total. The molecule has 0 unspecified atom stereocenters. The third-order valence-corrected chi connectivity index (χ3v) is 4.83. The molecule has 4 rings (SSSR count). The van der Waals surface area contributed by atoms with Gasteiger partial charge in [-0.3, -0.25) is 9.59 Å². The number of rotatable bonds is 6. The van der Waals surface area contributed by atoms with Crippen molar-refractivity contribution in [3.63, 3.8) is 0 Å². The van der Waals surface area contributed by atoms with Gasteiger partial charge in [0.15, 0.2) is 11.5 Å². The minimum atomic E-state index is -0.182. The molecule has 0 saturated carbocycles. The Kier molecular flexibility index (Phi) is 4.84. The van der Waals surface area contributed by atoms with Gasteiger partial charge in [-0.2, -0.15) is 0 Å². The quantitative estimate of drug-likeness (QED) is 0.588. The van der Waals surface area contributed by atoms with Gasteiger partial charge in [-0.25, -0.2) is 0 Å². The zero-order valence-electron chi connectivity index (χ0n) is 16.5. The third-order valence-electron chi connectivity index (χ3n) is 4.83. The van der Waals surface area contributed by atoms with E-state index >= 15 is 0 Å². The maximum atomic E-state index is 12.8. The second-order valence-corrected chi connectivity index (χ2v) is 6.84. The van der Waals surface area contributed by atoms with E-state index < -0.39 is 0 Å². The van der Waals surface area contributed by atoms with E-state index in [-0.39, 0.29) is 23.9 Å². The van der Waals surface area contributed by atoms with Gasteiger partial charge in [0.1, 0.15) is 23.9 Å². The molecule has 6 heteroatoms. The molecule has 1 aromatic heterocycles. The van der Waals surface area contributed by atoms with Crippen molar-refractivity contribution >= 4 is 28.5 Å². The van der Waals surface area contributed by atoms with E-state index in [1.54, 1.807) is 31.4 Å². The second kappa shape index (κ2) is 7.47. The summed E-state index contributed by atoms with van der Waals surface area (Å²) in [5, 5.41) is 0.983. The van der Waals surface area contributed by atoms with E-state index in [9.17, 15) is 9.59 Å². The number of carbonyl (C=O) groups is 2. The fourth-order valence-electron chi connectivity index (χ4n) is 3.39. The van der Waals surface area contributed by atoms with Crippen LogP contribution in [0.3, 0.4) is 0 Å². The molecule has 1 aliphatic heterocycles. The van der Waals surface area contributed by atoms with Crippen LogP contribution in [0.15, 0.2) is 48.4 Å². The summed E-state index contributed by atoms with van der Waals surface area (Å²) >= 11 is 0. The molecule has 0 atom stereocenters. The Morgan fingerprint density at radius 3 is 2.69 bits per heavy atom. The van der Waals surface area contributed by atoms with Crippen molar-refractivity contribution in [2.45, 2.75) is 20.4 Å². The summed E-state index contributed by atoms with van der Waals surface area (Å²) < 4.78 is 18.7. The smallest absolute Gasteiger partial charge is 0.231 e.